The van der Waals surface area contributed by atoms with Crippen molar-refractivity contribution in [2.45, 2.75) is 25.2 Å². The summed E-state index contributed by atoms with van der Waals surface area (Å²) in [4.78, 5) is 25.6. The van der Waals surface area contributed by atoms with Crippen molar-refractivity contribution >= 4 is 45.1 Å². The number of aromatic nitrogens is 2. The number of hydrogen-bond donors (Lipinski definition) is 2. The van der Waals surface area contributed by atoms with Crippen LogP contribution in [0.5, 0.6) is 17.2 Å². The van der Waals surface area contributed by atoms with Crippen LogP contribution >= 0.6 is 15.9 Å². The average Bonchev–Trinajstić information content (AvgIpc) is 3.23. The highest BCUT2D eigenvalue weighted by Crippen LogP contribution is 2.44. The second-order valence-corrected chi connectivity index (χ2v) is 9.79. The number of carbonyl (C=O) groups is 1. The van der Waals surface area contributed by atoms with Crippen molar-refractivity contribution in [2.24, 2.45) is 0 Å². The molecule has 0 radical (unpaired) electrons. The van der Waals surface area contributed by atoms with Gasteiger partial charge in [-0.3, -0.25) is 9.80 Å². The minimum Gasteiger partial charge on any atom is -0.497 e. The fourth-order valence-electron chi connectivity index (χ4n) is 4.70. The van der Waals surface area contributed by atoms with Crippen LogP contribution in [0.3, 0.4) is 0 Å². The van der Waals surface area contributed by atoms with E-state index in [9.17, 15) is 4.79 Å². The van der Waals surface area contributed by atoms with Crippen molar-refractivity contribution in [2.75, 3.05) is 42.4 Å². The molecule has 186 valence electrons. The molecular formula is C25H25BrN6O4. The predicted molar refractivity (Wildman–Crippen MR) is 139 cm³/mol. The molecule has 1 saturated heterocycles. The summed E-state index contributed by atoms with van der Waals surface area (Å²) in [5.41, 5.74) is 2.32. The first-order chi connectivity index (χ1) is 17.4. The van der Waals surface area contributed by atoms with E-state index in [0.29, 0.717) is 35.5 Å². The van der Waals surface area contributed by atoms with Crippen molar-refractivity contribution in [3.63, 3.8) is 0 Å². The van der Waals surface area contributed by atoms with Gasteiger partial charge in [0.1, 0.15) is 11.6 Å². The van der Waals surface area contributed by atoms with E-state index in [4.69, 9.17) is 14.2 Å². The zero-order valence-electron chi connectivity index (χ0n) is 19.9. The number of nitrogens with zero attached hydrogens (tertiary/aromatic N) is 4. The number of ether oxygens (including phenoxy) is 3. The number of carbonyl (C=O) groups excluding carboxylic acids is 1. The third-order valence-electron chi connectivity index (χ3n) is 6.61. The standard InChI is InChI=1S/C25H25BrN6O4/c1-31-22-15(14-32(24(31)33)19-12-17(34-2)4-5-18(19)26)13-28-23(30-22)29-16-3-6-20-21(11-16)36-25(35-20)7-9-27-10-8-25/h3-6,11-13,27H,7-10,14H2,1-2H3,(H,28,29,30). The number of fused-ring (bicyclic) bond motifs is 2. The van der Waals surface area contributed by atoms with Gasteiger partial charge in [-0.15, -0.1) is 0 Å². The van der Waals surface area contributed by atoms with Gasteiger partial charge in [-0.1, -0.05) is 0 Å². The van der Waals surface area contributed by atoms with E-state index >= 15 is 0 Å². The number of methoxy groups -OCH3 is 1. The van der Waals surface area contributed by atoms with Gasteiger partial charge in [-0.2, -0.15) is 4.98 Å². The van der Waals surface area contributed by atoms with Crippen molar-refractivity contribution in [3.05, 3.63) is 52.6 Å². The molecule has 0 saturated carbocycles. The Labute approximate surface area is 216 Å². The minimum absolute atomic E-state index is 0.198. The lowest BCUT2D eigenvalue weighted by Gasteiger charge is -2.34. The van der Waals surface area contributed by atoms with E-state index in [1.165, 1.54) is 4.90 Å². The number of halogens is 1. The van der Waals surface area contributed by atoms with E-state index in [1.54, 1.807) is 25.3 Å². The summed E-state index contributed by atoms with van der Waals surface area (Å²) in [6.45, 7) is 2.06. The smallest absolute Gasteiger partial charge is 0.330 e. The highest BCUT2D eigenvalue weighted by Gasteiger charge is 2.42. The molecule has 3 aromatic rings. The van der Waals surface area contributed by atoms with Gasteiger partial charge in [0.15, 0.2) is 11.5 Å². The van der Waals surface area contributed by atoms with E-state index in [2.05, 4.69) is 36.5 Å². The zero-order valence-corrected chi connectivity index (χ0v) is 21.5. The summed E-state index contributed by atoms with van der Waals surface area (Å²) < 4.78 is 18.5. The van der Waals surface area contributed by atoms with Crippen molar-refractivity contribution in [1.29, 1.82) is 0 Å². The van der Waals surface area contributed by atoms with Crippen molar-refractivity contribution in [3.8, 4) is 17.2 Å². The van der Waals surface area contributed by atoms with Crippen LogP contribution in [0.25, 0.3) is 0 Å². The normalized spacial score (nSPS) is 17.8. The Morgan fingerprint density at radius 1 is 1.14 bits per heavy atom. The molecule has 3 aliphatic heterocycles. The molecule has 1 aromatic heterocycles. The molecule has 2 N–H and O–H groups in total. The first kappa shape index (κ1) is 22.9. The maximum atomic E-state index is 13.3. The summed E-state index contributed by atoms with van der Waals surface area (Å²) in [5.74, 6) is 2.47. The van der Waals surface area contributed by atoms with Gasteiger partial charge in [-0.05, 0) is 40.2 Å². The average molecular weight is 553 g/mol. The number of piperidine rings is 1. The van der Waals surface area contributed by atoms with Crippen LogP contribution in [0.2, 0.25) is 0 Å². The van der Waals surface area contributed by atoms with Crippen molar-refractivity contribution < 1.29 is 19.0 Å². The molecule has 3 aliphatic rings. The van der Waals surface area contributed by atoms with Gasteiger partial charge < -0.3 is 24.8 Å². The molecule has 0 aliphatic carbocycles. The highest BCUT2D eigenvalue weighted by molar-refractivity contribution is 9.10. The van der Waals surface area contributed by atoms with Gasteiger partial charge in [0, 0.05) is 67.0 Å². The number of urea groups is 1. The summed E-state index contributed by atoms with van der Waals surface area (Å²) >= 11 is 3.54. The Morgan fingerprint density at radius 2 is 1.94 bits per heavy atom. The van der Waals surface area contributed by atoms with Crippen LogP contribution in [-0.2, 0) is 6.54 Å². The third-order valence-corrected chi connectivity index (χ3v) is 7.28. The van der Waals surface area contributed by atoms with Gasteiger partial charge >= 0.3 is 6.03 Å². The lowest BCUT2D eigenvalue weighted by atomic mass is 10.1. The number of benzene rings is 2. The molecule has 0 atom stereocenters. The molecule has 2 amide bonds. The largest absolute Gasteiger partial charge is 0.497 e. The Bertz CT molecular complexity index is 1350. The summed E-state index contributed by atoms with van der Waals surface area (Å²) in [7, 11) is 3.30. The van der Waals surface area contributed by atoms with Gasteiger partial charge in [0.05, 0.1) is 19.3 Å². The van der Waals surface area contributed by atoms with Crippen LogP contribution < -0.4 is 34.6 Å². The molecule has 11 heteroatoms. The SMILES string of the molecule is COc1ccc(Br)c(N2Cc3cnc(Nc4ccc5c(c4)OC4(CCNCC4)O5)nc3N(C)C2=O)c1. The molecule has 4 heterocycles. The number of nitrogens with one attached hydrogen (secondary N) is 2. The van der Waals surface area contributed by atoms with Crippen molar-refractivity contribution in [1.82, 2.24) is 15.3 Å². The monoisotopic (exact) mass is 552 g/mol. The fraction of sp³-hybridized carbons (Fsp3) is 0.320. The quantitative estimate of drug-likeness (QED) is 0.490. The maximum Gasteiger partial charge on any atom is 0.330 e. The number of amides is 2. The molecule has 2 aromatic carbocycles. The second-order valence-electron chi connectivity index (χ2n) is 8.94. The van der Waals surface area contributed by atoms with Gasteiger partial charge in [0.2, 0.25) is 5.95 Å². The second kappa shape index (κ2) is 8.82. The Morgan fingerprint density at radius 3 is 2.75 bits per heavy atom. The Kier molecular flexibility index (Phi) is 5.60. The lowest BCUT2D eigenvalue weighted by Crippen LogP contribution is -2.48. The Hall–Kier alpha value is -3.57. The number of hydrogen-bond acceptors (Lipinski definition) is 8. The first-order valence-electron chi connectivity index (χ1n) is 11.7. The molecule has 10 nitrogen and oxygen atoms in total. The van der Waals surface area contributed by atoms with Gasteiger partial charge in [0.25, 0.3) is 5.79 Å². The molecule has 0 unspecified atom stereocenters. The summed E-state index contributed by atoms with van der Waals surface area (Å²) in [5, 5.41) is 6.56. The fourth-order valence-corrected chi connectivity index (χ4v) is 5.16. The van der Waals surface area contributed by atoms with E-state index in [1.807, 2.05) is 36.4 Å². The van der Waals surface area contributed by atoms with Crippen LogP contribution in [0.4, 0.5) is 27.9 Å². The topological polar surface area (TPSA) is 101 Å². The number of rotatable bonds is 4. The molecule has 6 rings (SSSR count). The third kappa shape index (κ3) is 3.97. The van der Waals surface area contributed by atoms with Gasteiger partial charge in [-0.25, -0.2) is 9.78 Å². The maximum absolute atomic E-state index is 13.3. The highest BCUT2D eigenvalue weighted by atomic mass is 79.9. The van der Waals surface area contributed by atoms with Crippen LogP contribution in [0.15, 0.2) is 47.1 Å². The van der Waals surface area contributed by atoms with E-state index in [-0.39, 0.29) is 6.03 Å². The number of anilines is 4. The van der Waals surface area contributed by atoms with E-state index < -0.39 is 5.79 Å². The zero-order chi connectivity index (χ0) is 24.9. The molecule has 1 fully saturated rings. The van der Waals surface area contributed by atoms with E-state index in [0.717, 1.165) is 47.4 Å². The Balaban J connectivity index is 1.23. The first-order valence-corrected chi connectivity index (χ1v) is 12.5. The molecule has 0 bridgehead atoms. The van der Waals surface area contributed by atoms with Crippen LogP contribution in [0, 0.1) is 0 Å². The molecular weight excluding hydrogens is 528 g/mol. The lowest BCUT2D eigenvalue weighted by molar-refractivity contribution is -0.0998. The van der Waals surface area contributed by atoms with Crippen LogP contribution in [0.1, 0.15) is 18.4 Å². The predicted octanol–water partition coefficient (Wildman–Crippen LogP) is 4.42. The van der Waals surface area contributed by atoms with Crippen LogP contribution in [-0.4, -0.2) is 49.0 Å². The summed E-state index contributed by atoms with van der Waals surface area (Å²) in [6.07, 6.45) is 3.33. The summed E-state index contributed by atoms with van der Waals surface area (Å²) in [6, 6.07) is 11.0. The minimum atomic E-state index is -0.582. The molecule has 36 heavy (non-hydrogen) atoms. The molecule has 1 spiro atoms.